The summed E-state index contributed by atoms with van der Waals surface area (Å²) in [6, 6.07) is 4.64. The fourth-order valence-corrected chi connectivity index (χ4v) is 4.15. The number of alkyl halides is 3. The number of nitrogens with one attached hydrogen (secondary N) is 2. The van der Waals surface area contributed by atoms with E-state index < -0.39 is 53.0 Å². The summed E-state index contributed by atoms with van der Waals surface area (Å²) in [7, 11) is 1.05. The van der Waals surface area contributed by atoms with Crippen molar-refractivity contribution in [3.8, 4) is 17.3 Å². The summed E-state index contributed by atoms with van der Waals surface area (Å²) in [4.78, 5) is 17.3. The number of H-pyrrole nitrogens is 1. The van der Waals surface area contributed by atoms with Crippen LogP contribution in [0.1, 0.15) is 25.3 Å². The van der Waals surface area contributed by atoms with Crippen LogP contribution in [0.3, 0.4) is 0 Å². The summed E-state index contributed by atoms with van der Waals surface area (Å²) in [5, 5.41) is 15.7. The summed E-state index contributed by atoms with van der Waals surface area (Å²) in [5.41, 5.74) is -2.49. The van der Waals surface area contributed by atoms with Gasteiger partial charge in [-0.15, -0.1) is 10.2 Å². The average Bonchev–Trinajstić information content (AvgIpc) is 3.43. The molecule has 1 amide bonds. The van der Waals surface area contributed by atoms with Crippen LogP contribution < -0.4 is 10.1 Å². The molecule has 9 nitrogen and oxygen atoms in total. The standard InChI is InChI=1S/C21H19F5N6O3/c1-9-14(11-4-5-12(22)15(23)16(11)34-3)17(35-20(9,2)21(24,25)26)19(33)28-10-6-7-27-13(8-10)18-29-31-32-30-18/h4-9,14,17H,1-3H3,(H,27,28,33)(H,29,30,31,32)/t9-,14-,17+,20+/m0/s1. The topological polar surface area (TPSA) is 115 Å². The molecular formula is C21H19F5N6O3. The zero-order valence-corrected chi connectivity index (χ0v) is 18.5. The van der Waals surface area contributed by atoms with Gasteiger partial charge in [0.15, 0.2) is 17.2 Å². The third-order valence-electron chi connectivity index (χ3n) is 6.17. The van der Waals surface area contributed by atoms with E-state index in [1.54, 1.807) is 0 Å². The number of rotatable bonds is 5. The number of methoxy groups -OCH3 is 1. The summed E-state index contributed by atoms with van der Waals surface area (Å²) >= 11 is 0. The van der Waals surface area contributed by atoms with Gasteiger partial charge in [-0.3, -0.25) is 9.78 Å². The number of pyridine rings is 1. The van der Waals surface area contributed by atoms with E-state index in [1.165, 1.54) is 25.3 Å². The van der Waals surface area contributed by atoms with Crippen LogP contribution >= 0.6 is 0 Å². The van der Waals surface area contributed by atoms with E-state index in [0.29, 0.717) is 0 Å². The molecule has 3 heterocycles. The molecule has 186 valence electrons. The number of hydrogen-bond donors (Lipinski definition) is 2. The van der Waals surface area contributed by atoms with E-state index >= 15 is 0 Å². The predicted molar refractivity (Wildman–Crippen MR) is 110 cm³/mol. The molecular weight excluding hydrogens is 479 g/mol. The van der Waals surface area contributed by atoms with Crippen LogP contribution in [-0.4, -0.2) is 56.5 Å². The monoisotopic (exact) mass is 498 g/mol. The van der Waals surface area contributed by atoms with Gasteiger partial charge >= 0.3 is 6.18 Å². The minimum Gasteiger partial charge on any atom is -0.493 e. The highest BCUT2D eigenvalue weighted by atomic mass is 19.4. The van der Waals surface area contributed by atoms with Gasteiger partial charge in [-0.1, -0.05) is 13.0 Å². The average molecular weight is 498 g/mol. The summed E-state index contributed by atoms with van der Waals surface area (Å²) < 4.78 is 80.6. The van der Waals surface area contributed by atoms with Crippen molar-refractivity contribution in [2.75, 3.05) is 12.4 Å². The lowest BCUT2D eigenvalue weighted by atomic mass is 9.77. The number of hydrogen-bond acceptors (Lipinski definition) is 7. The van der Waals surface area contributed by atoms with E-state index in [0.717, 1.165) is 26.2 Å². The molecule has 0 radical (unpaired) electrons. The molecule has 0 unspecified atom stereocenters. The normalized spacial score (nSPS) is 24.4. The van der Waals surface area contributed by atoms with Gasteiger partial charge in [0.2, 0.25) is 11.6 Å². The number of carbonyl (C=O) groups excluding carboxylic acids is 1. The number of aromatic amines is 1. The number of anilines is 1. The molecule has 3 aromatic rings. The molecule has 1 aromatic carbocycles. The molecule has 14 heteroatoms. The quantitative estimate of drug-likeness (QED) is 0.517. The van der Waals surface area contributed by atoms with Gasteiger partial charge < -0.3 is 14.8 Å². The number of halogens is 5. The van der Waals surface area contributed by atoms with Gasteiger partial charge in [-0.25, -0.2) is 4.39 Å². The van der Waals surface area contributed by atoms with Crippen LogP contribution in [0.4, 0.5) is 27.6 Å². The van der Waals surface area contributed by atoms with Crippen molar-refractivity contribution in [2.24, 2.45) is 5.92 Å². The third kappa shape index (κ3) is 4.17. The fraction of sp³-hybridized carbons (Fsp3) is 0.381. The summed E-state index contributed by atoms with van der Waals surface area (Å²) in [6.45, 7) is 2.04. The molecule has 0 saturated carbocycles. The van der Waals surface area contributed by atoms with E-state index in [1.807, 2.05) is 0 Å². The minimum absolute atomic E-state index is 0.126. The lowest BCUT2D eigenvalue weighted by Crippen LogP contribution is -2.47. The Labute approximate surface area is 195 Å². The Hall–Kier alpha value is -3.68. The van der Waals surface area contributed by atoms with E-state index in [-0.39, 0.29) is 22.8 Å². The van der Waals surface area contributed by atoms with E-state index in [9.17, 15) is 26.7 Å². The van der Waals surface area contributed by atoms with Crippen molar-refractivity contribution >= 4 is 11.6 Å². The molecule has 4 atom stereocenters. The maximum Gasteiger partial charge on any atom is 0.417 e. The first kappa shape index (κ1) is 24.4. The first-order valence-corrected chi connectivity index (χ1v) is 10.2. The van der Waals surface area contributed by atoms with Crippen molar-refractivity contribution in [1.29, 1.82) is 0 Å². The lowest BCUT2D eigenvalue weighted by Gasteiger charge is -2.32. The highest BCUT2D eigenvalue weighted by molar-refractivity contribution is 5.95. The number of aromatic nitrogens is 5. The smallest absolute Gasteiger partial charge is 0.417 e. The van der Waals surface area contributed by atoms with Crippen LogP contribution in [0.25, 0.3) is 11.5 Å². The van der Waals surface area contributed by atoms with Gasteiger partial charge in [-0.2, -0.15) is 22.8 Å². The zero-order chi connectivity index (χ0) is 25.5. The summed E-state index contributed by atoms with van der Waals surface area (Å²) in [5.74, 6) is -6.74. The van der Waals surface area contributed by atoms with Crippen LogP contribution in [0, 0.1) is 17.6 Å². The molecule has 35 heavy (non-hydrogen) atoms. The Balaban J connectivity index is 1.73. The number of benzene rings is 1. The second-order valence-electron chi connectivity index (χ2n) is 8.10. The van der Waals surface area contributed by atoms with Gasteiger partial charge in [0.1, 0.15) is 11.8 Å². The Morgan fingerprint density at radius 1 is 1.26 bits per heavy atom. The molecule has 0 aliphatic carbocycles. The third-order valence-corrected chi connectivity index (χ3v) is 6.17. The Morgan fingerprint density at radius 2 is 2.00 bits per heavy atom. The molecule has 1 saturated heterocycles. The maximum atomic E-state index is 14.4. The van der Waals surface area contributed by atoms with E-state index in [2.05, 4.69) is 30.9 Å². The SMILES string of the molecule is COc1c([C@H]2[C@H](C(=O)Nc3ccnc(-c4nn[nH]n4)c3)O[C@@](C)(C(F)(F)F)[C@H]2C)ccc(F)c1F. The minimum atomic E-state index is -4.87. The molecule has 1 fully saturated rings. The molecule has 4 rings (SSSR count). The lowest BCUT2D eigenvalue weighted by molar-refractivity contribution is -0.272. The number of tetrazole rings is 1. The highest BCUT2D eigenvalue weighted by Gasteiger charge is 2.65. The van der Waals surface area contributed by atoms with Gasteiger partial charge in [0.25, 0.3) is 5.91 Å². The van der Waals surface area contributed by atoms with Crippen LogP contribution in [-0.2, 0) is 9.53 Å². The van der Waals surface area contributed by atoms with Gasteiger partial charge in [-0.05, 0) is 30.3 Å². The Morgan fingerprint density at radius 3 is 2.63 bits per heavy atom. The fourth-order valence-electron chi connectivity index (χ4n) is 4.15. The largest absolute Gasteiger partial charge is 0.493 e. The predicted octanol–water partition coefficient (Wildman–Crippen LogP) is 3.63. The molecule has 1 aliphatic heterocycles. The van der Waals surface area contributed by atoms with Crippen molar-refractivity contribution in [3.05, 3.63) is 47.7 Å². The van der Waals surface area contributed by atoms with Crippen LogP contribution in [0.5, 0.6) is 5.75 Å². The number of carbonyl (C=O) groups is 1. The Kier molecular flexibility index (Phi) is 6.17. The molecule has 1 aliphatic rings. The van der Waals surface area contributed by atoms with Crippen molar-refractivity contribution in [3.63, 3.8) is 0 Å². The maximum absolute atomic E-state index is 14.4. The number of nitrogens with zero attached hydrogens (tertiary/aromatic N) is 4. The van der Waals surface area contributed by atoms with Crippen LogP contribution in [0.2, 0.25) is 0 Å². The van der Waals surface area contributed by atoms with Gasteiger partial charge in [0, 0.05) is 29.3 Å². The second-order valence-corrected chi connectivity index (χ2v) is 8.10. The molecule has 0 spiro atoms. The second kappa shape index (κ2) is 8.83. The van der Waals surface area contributed by atoms with Gasteiger partial charge in [0.05, 0.1) is 7.11 Å². The first-order chi connectivity index (χ1) is 16.5. The molecule has 0 bridgehead atoms. The number of amides is 1. The summed E-state index contributed by atoms with van der Waals surface area (Å²) in [6.07, 6.45) is -5.26. The molecule has 2 N–H and O–H groups in total. The first-order valence-electron chi connectivity index (χ1n) is 10.2. The van der Waals surface area contributed by atoms with E-state index in [4.69, 9.17) is 9.47 Å². The van der Waals surface area contributed by atoms with Crippen molar-refractivity contribution in [2.45, 2.75) is 37.6 Å². The highest BCUT2D eigenvalue weighted by Crippen LogP contribution is 2.55. The zero-order valence-electron chi connectivity index (χ0n) is 18.5. The number of ether oxygens (including phenoxy) is 2. The molecule has 2 aromatic heterocycles. The van der Waals surface area contributed by atoms with Crippen molar-refractivity contribution in [1.82, 2.24) is 25.6 Å². The van der Waals surface area contributed by atoms with Crippen LogP contribution in [0.15, 0.2) is 30.5 Å². The van der Waals surface area contributed by atoms with Crippen molar-refractivity contribution < 1.29 is 36.2 Å². The Bertz CT molecular complexity index is 1240.